The number of carbonyl (C=O) groups is 1. The van der Waals surface area contributed by atoms with E-state index >= 15 is 0 Å². The molecule has 0 fully saturated rings. The Balaban J connectivity index is 1.80. The first-order chi connectivity index (χ1) is 9.54. The molecular formula is C13H13ClN2O4. The summed E-state index contributed by atoms with van der Waals surface area (Å²) in [6, 6.07) is 5.15. The van der Waals surface area contributed by atoms with Crippen molar-refractivity contribution >= 4 is 17.6 Å². The zero-order valence-corrected chi connectivity index (χ0v) is 11.8. The van der Waals surface area contributed by atoms with E-state index in [-0.39, 0.29) is 13.2 Å². The van der Waals surface area contributed by atoms with Crippen LogP contribution >= 0.6 is 11.6 Å². The van der Waals surface area contributed by atoms with Gasteiger partial charge in [-0.05, 0) is 31.5 Å². The molecule has 106 valence electrons. The predicted octanol–water partition coefficient (Wildman–Crippen LogP) is 2.46. The molecule has 2 rings (SSSR count). The van der Waals surface area contributed by atoms with Crippen LogP contribution in [0.4, 0.5) is 0 Å². The van der Waals surface area contributed by atoms with Gasteiger partial charge in [-0.25, -0.2) is 4.79 Å². The summed E-state index contributed by atoms with van der Waals surface area (Å²) in [5.74, 6) is 0.577. The first-order valence-corrected chi connectivity index (χ1v) is 6.26. The Hall–Kier alpha value is -1.92. The van der Waals surface area contributed by atoms with E-state index in [0.717, 1.165) is 5.56 Å². The van der Waals surface area contributed by atoms with Gasteiger partial charge < -0.3 is 14.0 Å². The molecule has 0 amide bonds. The Labute approximate surface area is 120 Å². The van der Waals surface area contributed by atoms with Crippen LogP contribution in [0, 0.1) is 13.8 Å². The fraction of sp³-hybridized carbons (Fsp3) is 0.308. The topological polar surface area (TPSA) is 74.5 Å². The Morgan fingerprint density at radius 2 is 2.20 bits per heavy atom. The standard InChI is InChI=1S/C13H13ClN2O4/c1-8-3-4-11(10(14)5-8)19-13(17)7-18-6-12-15-9(2)16-20-12/h3-5H,6-7H2,1-2H3. The van der Waals surface area contributed by atoms with Crippen LogP contribution in [-0.4, -0.2) is 22.7 Å². The minimum absolute atomic E-state index is 0.0531. The van der Waals surface area contributed by atoms with E-state index in [4.69, 9.17) is 25.6 Å². The van der Waals surface area contributed by atoms with Crippen LogP contribution in [0.2, 0.25) is 5.02 Å². The van der Waals surface area contributed by atoms with Gasteiger partial charge in [0.1, 0.15) is 19.0 Å². The number of benzene rings is 1. The molecule has 0 aliphatic carbocycles. The molecule has 1 aromatic heterocycles. The summed E-state index contributed by atoms with van der Waals surface area (Å²) < 4.78 is 15.0. The normalized spacial score (nSPS) is 10.6. The van der Waals surface area contributed by atoms with Crippen molar-refractivity contribution in [3.8, 4) is 5.75 Å². The van der Waals surface area contributed by atoms with Gasteiger partial charge >= 0.3 is 5.97 Å². The number of esters is 1. The highest BCUT2D eigenvalue weighted by Gasteiger charge is 2.10. The number of rotatable bonds is 5. The molecule has 0 unspecified atom stereocenters. The second-order valence-electron chi connectivity index (χ2n) is 4.14. The Morgan fingerprint density at radius 1 is 1.40 bits per heavy atom. The second-order valence-corrected chi connectivity index (χ2v) is 4.54. The van der Waals surface area contributed by atoms with Crippen molar-refractivity contribution in [2.24, 2.45) is 0 Å². The second kappa shape index (κ2) is 6.49. The lowest BCUT2D eigenvalue weighted by molar-refractivity contribution is -0.140. The number of aryl methyl sites for hydroxylation is 2. The molecule has 0 atom stereocenters. The van der Waals surface area contributed by atoms with Gasteiger partial charge in [-0.15, -0.1) is 0 Å². The predicted molar refractivity (Wildman–Crippen MR) is 70.5 cm³/mol. The van der Waals surface area contributed by atoms with Crippen molar-refractivity contribution in [2.45, 2.75) is 20.5 Å². The Kier molecular flexibility index (Phi) is 4.70. The van der Waals surface area contributed by atoms with Gasteiger partial charge in [-0.3, -0.25) is 0 Å². The quantitative estimate of drug-likeness (QED) is 0.623. The molecule has 0 bridgehead atoms. The van der Waals surface area contributed by atoms with E-state index in [1.54, 1.807) is 25.1 Å². The first-order valence-electron chi connectivity index (χ1n) is 5.88. The highest BCUT2D eigenvalue weighted by Crippen LogP contribution is 2.25. The zero-order chi connectivity index (χ0) is 14.5. The number of carbonyl (C=O) groups excluding carboxylic acids is 1. The molecule has 0 aliphatic rings. The van der Waals surface area contributed by atoms with Gasteiger partial charge in [0, 0.05) is 0 Å². The fourth-order valence-corrected chi connectivity index (χ4v) is 1.73. The van der Waals surface area contributed by atoms with Crippen LogP contribution in [-0.2, 0) is 16.1 Å². The van der Waals surface area contributed by atoms with E-state index in [9.17, 15) is 4.79 Å². The molecule has 2 aromatic rings. The average molecular weight is 297 g/mol. The molecule has 20 heavy (non-hydrogen) atoms. The highest BCUT2D eigenvalue weighted by atomic mass is 35.5. The largest absolute Gasteiger partial charge is 0.423 e. The highest BCUT2D eigenvalue weighted by molar-refractivity contribution is 6.32. The van der Waals surface area contributed by atoms with Crippen LogP contribution in [0.25, 0.3) is 0 Å². The minimum atomic E-state index is -0.549. The summed E-state index contributed by atoms with van der Waals surface area (Å²) >= 11 is 5.95. The number of ether oxygens (including phenoxy) is 2. The summed E-state index contributed by atoms with van der Waals surface area (Å²) in [6.07, 6.45) is 0. The summed E-state index contributed by atoms with van der Waals surface area (Å²) in [7, 11) is 0. The molecule has 7 heteroatoms. The summed E-state index contributed by atoms with van der Waals surface area (Å²) in [6.45, 7) is 3.41. The lowest BCUT2D eigenvalue weighted by atomic mass is 10.2. The SMILES string of the molecule is Cc1ccc(OC(=O)COCc2nc(C)no2)c(Cl)c1. The molecule has 1 aromatic carbocycles. The third-order valence-corrected chi connectivity index (χ3v) is 2.62. The van der Waals surface area contributed by atoms with Crippen molar-refractivity contribution in [1.29, 1.82) is 0 Å². The molecule has 1 heterocycles. The number of aromatic nitrogens is 2. The molecule has 0 spiro atoms. The van der Waals surface area contributed by atoms with E-state index in [1.165, 1.54) is 0 Å². The lowest BCUT2D eigenvalue weighted by Crippen LogP contribution is -2.15. The van der Waals surface area contributed by atoms with Gasteiger partial charge in [0.25, 0.3) is 5.89 Å². The lowest BCUT2D eigenvalue weighted by Gasteiger charge is -2.06. The molecule has 0 saturated heterocycles. The van der Waals surface area contributed by atoms with Crippen LogP contribution in [0.3, 0.4) is 0 Å². The summed E-state index contributed by atoms with van der Waals surface area (Å²) in [5.41, 5.74) is 0.984. The first kappa shape index (κ1) is 14.5. The maximum Gasteiger partial charge on any atom is 0.337 e. The van der Waals surface area contributed by atoms with Gasteiger partial charge in [0.2, 0.25) is 0 Å². The molecule has 6 nitrogen and oxygen atoms in total. The Morgan fingerprint density at radius 3 is 2.85 bits per heavy atom. The van der Waals surface area contributed by atoms with Crippen LogP contribution < -0.4 is 4.74 Å². The Bertz CT molecular complexity index is 612. The summed E-state index contributed by atoms with van der Waals surface area (Å²) in [5, 5.41) is 3.98. The zero-order valence-electron chi connectivity index (χ0n) is 11.1. The third kappa shape index (κ3) is 4.04. The minimum Gasteiger partial charge on any atom is -0.423 e. The number of halogens is 1. The maximum atomic E-state index is 11.6. The van der Waals surface area contributed by atoms with Crippen LogP contribution in [0.1, 0.15) is 17.3 Å². The maximum absolute atomic E-state index is 11.6. The van der Waals surface area contributed by atoms with Gasteiger partial charge in [-0.1, -0.05) is 22.8 Å². The summed E-state index contributed by atoms with van der Waals surface area (Å²) in [4.78, 5) is 15.5. The van der Waals surface area contributed by atoms with Crippen molar-refractivity contribution in [3.05, 3.63) is 40.5 Å². The fourth-order valence-electron chi connectivity index (χ4n) is 1.46. The van der Waals surface area contributed by atoms with Crippen molar-refractivity contribution < 1.29 is 18.8 Å². The monoisotopic (exact) mass is 296 g/mol. The van der Waals surface area contributed by atoms with Gasteiger partial charge in [0.05, 0.1) is 5.02 Å². The number of hydrogen-bond acceptors (Lipinski definition) is 6. The molecule has 0 saturated carbocycles. The van der Waals surface area contributed by atoms with Crippen LogP contribution in [0.15, 0.2) is 22.7 Å². The smallest absolute Gasteiger partial charge is 0.337 e. The number of hydrogen-bond donors (Lipinski definition) is 0. The average Bonchev–Trinajstić information content (AvgIpc) is 2.79. The van der Waals surface area contributed by atoms with Gasteiger partial charge in [0.15, 0.2) is 5.82 Å². The van der Waals surface area contributed by atoms with E-state index in [1.807, 2.05) is 6.92 Å². The van der Waals surface area contributed by atoms with Crippen molar-refractivity contribution in [1.82, 2.24) is 10.1 Å². The van der Waals surface area contributed by atoms with Crippen molar-refractivity contribution in [2.75, 3.05) is 6.61 Å². The van der Waals surface area contributed by atoms with Crippen molar-refractivity contribution in [3.63, 3.8) is 0 Å². The molecule has 0 aliphatic heterocycles. The third-order valence-electron chi connectivity index (χ3n) is 2.33. The molecular weight excluding hydrogens is 284 g/mol. The van der Waals surface area contributed by atoms with E-state index < -0.39 is 5.97 Å². The number of nitrogens with zero attached hydrogens (tertiary/aromatic N) is 2. The molecule has 0 radical (unpaired) electrons. The van der Waals surface area contributed by atoms with Gasteiger partial charge in [-0.2, -0.15) is 4.98 Å². The van der Waals surface area contributed by atoms with E-state index in [2.05, 4.69) is 10.1 Å². The molecule has 0 N–H and O–H groups in total. The van der Waals surface area contributed by atoms with Crippen LogP contribution in [0.5, 0.6) is 5.75 Å². The van der Waals surface area contributed by atoms with E-state index in [0.29, 0.717) is 22.5 Å².